The molecule has 37 heavy (non-hydrogen) atoms. The average molecular weight is 639 g/mol. The maximum absolute atomic E-state index is 13.6. The molecule has 2 fully saturated rings. The third-order valence-corrected chi connectivity index (χ3v) is 9.43. The molecule has 2 aliphatic rings. The largest absolute Gasteiger partial charge is 0.391 e. The molecular weight excluding hydrogens is 603 g/mol. The number of nitrogens with one attached hydrogen (secondary N) is 2. The first-order valence-corrected chi connectivity index (χ1v) is 15.0. The summed E-state index contributed by atoms with van der Waals surface area (Å²) in [7, 11) is 0. The van der Waals surface area contributed by atoms with Crippen LogP contribution in [0.25, 0.3) is 10.4 Å². The third-order valence-electron chi connectivity index (χ3n) is 7.11. The summed E-state index contributed by atoms with van der Waals surface area (Å²) < 4.78 is -0.0948. The van der Waals surface area contributed by atoms with Gasteiger partial charge in [0.15, 0.2) is 0 Å². The van der Waals surface area contributed by atoms with E-state index in [2.05, 4.69) is 44.3 Å². The van der Waals surface area contributed by atoms with Gasteiger partial charge in [0.1, 0.15) is 12.1 Å². The Balaban J connectivity index is 1.43. The molecule has 1 aliphatic carbocycles. The highest BCUT2D eigenvalue weighted by atomic mass is 127. The van der Waals surface area contributed by atoms with Crippen LogP contribution in [0.3, 0.4) is 0 Å². The Morgan fingerprint density at radius 1 is 1.24 bits per heavy atom. The highest BCUT2D eigenvalue weighted by Crippen LogP contribution is 2.31. The van der Waals surface area contributed by atoms with Crippen molar-refractivity contribution in [2.75, 3.05) is 6.54 Å². The third kappa shape index (κ3) is 6.69. The lowest BCUT2D eigenvalue weighted by molar-refractivity contribution is -0.141. The zero-order valence-electron chi connectivity index (χ0n) is 21.5. The molecule has 10 heteroatoms. The van der Waals surface area contributed by atoms with Crippen LogP contribution in [0.4, 0.5) is 0 Å². The van der Waals surface area contributed by atoms with Crippen LogP contribution in [-0.2, 0) is 20.9 Å². The van der Waals surface area contributed by atoms with Crippen molar-refractivity contribution in [1.29, 1.82) is 0 Å². The van der Waals surface area contributed by atoms with E-state index in [1.54, 1.807) is 11.3 Å². The number of benzene rings is 1. The minimum atomic E-state index is -0.776. The fourth-order valence-electron chi connectivity index (χ4n) is 4.77. The van der Waals surface area contributed by atoms with E-state index in [1.807, 2.05) is 38.4 Å². The van der Waals surface area contributed by atoms with E-state index in [9.17, 15) is 19.5 Å². The number of aliphatic hydroxyl groups excluding tert-OH is 1. The lowest BCUT2D eigenvalue weighted by Gasteiger charge is -2.31. The van der Waals surface area contributed by atoms with Gasteiger partial charge < -0.3 is 20.6 Å². The van der Waals surface area contributed by atoms with Crippen molar-refractivity contribution in [2.45, 2.75) is 81.5 Å². The summed E-state index contributed by atoms with van der Waals surface area (Å²) in [5, 5.41) is 16.3. The molecule has 8 nitrogen and oxygen atoms in total. The van der Waals surface area contributed by atoms with Gasteiger partial charge in [0, 0.05) is 29.4 Å². The van der Waals surface area contributed by atoms with E-state index >= 15 is 0 Å². The number of carbonyl (C=O) groups is 3. The molecule has 4 atom stereocenters. The minimum Gasteiger partial charge on any atom is -0.391 e. The normalized spacial score (nSPS) is 20.9. The standard InChI is InChI=1S/C27H35IN4O4S/c1-4-5-21(28)23(31-25(34)17-6-7-17)27(36)32-13-20(33)11-22(32)26(35)29-12-19-9-8-18(10-15(19)2)24-16(3)30-14-37-24/h8-10,14,17,20-23,33H,4-7,11-13H2,1-3H3,(H,29,35)(H,31,34). The minimum absolute atomic E-state index is 0.0154. The highest BCUT2D eigenvalue weighted by molar-refractivity contribution is 14.1. The van der Waals surface area contributed by atoms with Crippen molar-refractivity contribution in [3.8, 4) is 10.4 Å². The van der Waals surface area contributed by atoms with Gasteiger partial charge in [0.05, 0.1) is 22.2 Å². The lowest BCUT2D eigenvalue weighted by atomic mass is 10.0. The van der Waals surface area contributed by atoms with Crippen LogP contribution in [0.1, 0.15) is 55.8 Å². The molecule has 0 bridgehead atoms. The van der Waals surface area contributed by atoms with Crippen molar-refractivity contribution in [1.82, 2.24) is 20.5 Å². The van der Waals surface area contributed by atoms with Crippen LogP contribution in [0.15, 0.2) is 23.7 Å². The molecule has 3 amide bonds. The number of halogens is 1. The first kappa shape index (κ1) is 28.0. The SMILES string of the molecule is CCCC(I)C(NC(=O)C1CC1)C(=O)N1CC(O)CC1C(=O)NCc1ccc(-c2scnc2C)cc1C. The fourth-order valence-corrected chi connectivity index (χ4v) is 6.68. The number of hydrogen-bond donors (Lipinski definition) is 3. The van der Waals surface area contributed by atoms with Gasteiger partial charge in [0.2, 0.25) is 17.7 Å². The Morgan fingerprint density at radius 2 is 2.00 bits per heavy atom. The van der Waals surface area contributed by atoms with Crippen LogP contribution < -0.4 is 10.6 Å². The van der Waals surface area contributed by atoms with Gasteiger partial charge in [-0.05, 0) is 49.8 Å². The van der Waals surface area contributed by atoms with Crippen LogP contribution in [0.2, 0.25) is 0 Å². The Bertz CT molecular complexity index is 1150. The Hall–Kier alpha value is -2.05. The van der Waals surface area contributed by atoms with Crippen LogP contribution in [-0.4, -0.2) is 61.4 Å². The number of aromatic nitrogens is 1. The van der Waals surface area contributed by atoms with Gasteiger partial charge in [-0.1, -0.05) is 54.1 Å². The molecule has 1 saturated heterocycles. The molecule has 1 aliphatic heterocycles. The first-order chi connectivity index (χ1) is 17.7. The zero-order chi connectivity index (χ0) is 26.7. The molecule has 200 valence electrons. The number of alkyl halides is 1. The van der Waals surface area contributed by atoms with Crippen LogP contribution in [0, 0.1) is 19.8 Å². The summed E-state index contributed by atoms with van der Waals surface area (Å²) in [5.41, 5.74) is 5.97. The smallest absolute Gasteiger partial charge is 0.247 e. The molecule has 0 radical (unpaired) electrons. The Kier molecular flexibility index (Phi) is 9.23. The molecule has 1 aromatic carbocycles. The number of rotatable bonds is 10. The molecule has 1 saturated carbocycles. The summed E-state index contributed by atoms with van der Waals surface area (Å²) in [6, 6.07) is 4.65. The molecule has 4 rings (SSSR count). The van der Waals surface area contributed by atoms with E-state index in [0.717, 1.165) is 52.9 Å². The molecule has 0 spiro atoms. The number of aliphatic hydroxyl groups is 1. The van der Waals surface area contributed by atoms with Crippen molar-refractivity contribution < 1.29 is 19.5 Å². The summed E-state index contributed by atoms with van der Waals surface area (Å²) in [6.07, 6.45) is 2.76. The van der Waals surface area contributed by atoms with Crippen LogP contribution >= 0.6 is 33.9 Å². The number of amides is 3. The molecular formula is C27H35IN4O4S. The molecule has 1 aromatic heterocycles. The second-order valence-corrected chi connectivity index (χ2v) is 12.5. The topological polar surface area (TPSA) is 112 Å². The Labute approximate surface area is 235 Å². The Morgan fingerprint density at radius 3 is 2.62 bits per heavy atom. The number of thiazole rings is 1. The van der Waals surface area contributed by atoms with E-state index in [4.69, 9.17) is 0 Å². The zero-order valence-corrected chi connectivity index (χ0v) is 24.5. The average Bonchev–Trinajstić information content (AvgIpc) is 3.52. The van der Waals surface area contributed by atoms with E-state index in [1.165, 1.54) is 4.90 Å². The molecule has 4 unspecified atom stereocenters. The molecule has 2 heterocycles. The van der Waals surface area contributed by atoms with Gasteiger partial charge in [-0.3, -0.25) is 14.4 Å². The van der Waals surface area contributed by atoms with Crippen molar-refractivity contribution in [2.24, 2.45) is 5.92 Å². The molecule has 2 aromatic rings. The first-order valence-electron chi connectivity index (χ1n) is 12.9. The van der Waals surface area contributed by atoms with E-state index in [0.29, 0.717) is 6.54 Å². The predicted octanol–water partition coefficient (Wildman–Crippen LogP) is 3.50. The van der Waals surface area contributed by atoms with Gasteiger partial charge in [0.25, 0.3) is 0 Å². The maximum atomic E-state index is 13.6. The second-order valence-electron chi connectivity index (χ2n) is 10.1. The van der Waals surface area contributed by atoms with E-state index in [-0.39, 0.29) is 40.5 Å². The van der Waals surface area contributed by atoms with Crippen molar-refractivity contribution >= 4 is 51.6 Å². The predicted molar refractivity (Wildman–Crippen MR) is 152 cm³/mol. The van der Waals surface area contributed by atoms with Gasteiger partial charge >= 0.3 is 0 Å². The second kappa shape index (κ2) is 12.2. The number of carbonyl (C=O) groups excluding carboxylic acids is 3. The number of nitrogens with zero attached hydrogens (tertiary/aromatic N) is 2. The monoisotopic (exact) mass is 638 g/mol. The van der Waals surface area contributed by atoms with Gasteiger partial charge in [-0.25, -0.2) is 4.98 Å². The van der Waals surface area contributed by atoms with Gasteiger partial charge in [-0.15, -0.1) is 11.3 Å². The highest BCUT2D eigenvalue weighted by Gasteiger charge is 2.44. The maximum Gasteiger partial charge on any atom is 0.247 e. The number of aryl methyl sites for hydroxylation is 2. The van der Waals surface area contributed by atoms with Crippen LogP contribution in [0.5, 0.6) is 0 Å². The number of likely N-dealkylation sites (tertiary alicyclic amines) is 1. The summed E-state index contributed by atoms with van der Waals surface area (Å²) in [4.78, 5) is 46.3. The quantitative estimate of drug-likeness (QED) is 0.273. The number of β-amino-alcohol motifs (C(OH)–C–C–N with tert-alkyl or cyclic N) is 1. The lowest BCUT2D eigenvalue weighted by Crippen LogP contribution is -2.56. The van der Waals surface area contributed by atoms with Gasteiger partial charge in [-0.2, -0.15) is 0 Å². The fraction of sp³-hybridized carbons (Fsp3) is 0.556. The van der Waals surface area contributed by atoms with Crippen molar-refractivity contribution in [3.05, 3.63) is 40.5 Å². The summed E-state index contributed by atoms with van der Waals surface area (Å²) >= 11 is 3.82. The van der Waals surface area contributed by atoms with E-state index < -0.39 is 18.2 Å². The summed E-state index contributed by atoms with van der Waals surface area (Å²) in [5.74, 6) is -0.693. The number of hydrogen-bond acceptors (Lipinski definition) is 6. The van der Waals surface area contributed by atoms with Crippen molar-refractivity contribution in [3.63, 3.8) is 0 Å². The summed E-state index contributed by atoms with van der Waals surface area (Å²) in [6.45, 7) is 6.46. The molecule has 3 N–H and O–H groups in total.